The van der Waals surface area contributed by atoms with Gasteiger partial charge in [-0.05, 0) is 113 Å². The lowest BCUT2D eigenvalue weighted by molar-refractivity contribution is -0.689. The Morgan fingerprint density at radius 3 is 1.75 bits per heavy atom. The van der Waals surface area contributed by atoms with Gasteiger partial charge in [-0.15, -0.1) is 45.6 Å². The number of likely N-dealkylation sites (tertiary alicyclic amines) is 1. The molecule has 0 bridgehead atoms. The number of anilines is 1. The molecule has 0 atom stereocenters. The number of carbonyl (C=O) groups excluding carboxylic acids is 4. The highest BCUT2D eigenvalue weighted by Crippen LogP contribution is 2.34. The number of hydrazine groups is 2. The highest BCUT2D eigenvalue weighted by molar-refractivity contribution is 7.80. The third kappa shape index (κ3) is 23.6. The molecule has 3 amide bonds. The monoisotopic (exact) mass is 1510 g/mol. The number of nitrogens with zero attached hydrogens (tertiary/aromatic N) is 24. The van der Waals surface area contributed by atoms with Gasteiger partial charge in [-0.25, -0.2) is 42.1 Å². The average Bonchev–Trinajstić information content (AvgIpc) is 1.63. The van der Waals surface area contributed by atoms with Gasteiger partial charge in [0, 0.05) is 68.0 Å². The fourth-order valence-corrected chi connectivity index (χ4v) is 11.5. The van der Waals surface area contributed by atoms with Gasteiger partial charge in [0.15, 0.2) is 55.4 Å². The lowest BCUT2D eigenvalue weighted by Gasteiger charge is -2.39. The van der Waals surface area contributed by atoms with Crippen LogP contribution in [0.25, 0.3) is 11.4 Å². The summed E-state index contributed by atoms with van der Waals surface area (Å²) in [5.41, 5.74) is 13.5. The van der Waals surface area contributed by atoms with Gasteiger partial charge in [0.1, 0.15) is 17.6 Å². The first kappa shape index (κ1) is 78.9. The predicted octanol–water partition coefficient (Wildman–Crippen LogP) is -0.0189. The zero-order valence-electron chi connectivity index (χ0n) is 60.5. The topological polar surface area (TPSA) is 463 Å². The number of aromatic amines is 1. The van der Waals surface area contributed by atoms with Crippen LogP contribution in [0.5, 0.6) is 0 Å². The van der Waals surface area contributed by atoms with Crippen LogP contribution in [0.15, 0.2) is 183 Å². The zero-order chi connectivity index (χ0) is 76.9. The number of amides is 3. The second kappa shape index (κ2) is 39.6. The standard InChI is InChI=1S/C25H26N5O4.C14H14N8S.C11H17N6O.C11H16N5O.C8H12N8O/c1-30(21-9-7-19(8-10-21)25(33)34-29-23(31)11-12-24(29)32)15-13-18(14-16-30)22-17-28(27-26-22)20-5-3-2-4-6-20;15-17-14(23)16-11-6-8-21(9-7-11)10-13-18-20-22(19-13)12-4-2-1-3-5-12;1-16-14-11(13-15-16)9-17-6-4-10(5-7-17)3-2-8-18-12;12-17-7-1-2-10-3-5-16(6-4-10)9-11-8-13-15-14-11;1-14-3-6(8(17)10-9)16(5-14)4-7-11-13-15(2)12-7/h2-10,17-18H,11-16H2,1H3;1-9H,10H2,(H3,15,17,18,19,20,23);4-7H,2-3,8-9,12H2,1H3;3-6,8H,1-2,7,9,12H2,(H,13,14,15);3,5H,4H2,1-2H3,(H2-,9,10,11,12,13,17)/q+1;;2*+1;/p+2. The van der Waals surface area contributed by atoms with Crippen LogP contribution in [0, 0.1) is 0 Å². The van der Waals surface area contributed by atoms with E-state index in [0.717, 1.165) is 96.8 Å². The summed E-state index contributed by atoms with van der Waals surface area (Å²) in [6.07, 6.45) is 24.9. The van der Waals surface area contributed by atoms with Crippen molar-refractivity contribution in [3.05, 3.63) is 235 Å². The molecule has 9 aromatic heterocycles. The van der Waals surface area contributed by atoms with E-state index in [2.05, 4.69) is 134 Å². The van der Waals surface area contributed by atoms with E-state index < -0.39 is 17.8 Å². The Morgan fingerprint density at radius 1 is 0.661 bits per heavy atom. The number of hydrogen-bond donors (Lipinski definition) is 8. The maximum absolute atomic E-state index is 12.4. The average molecular weight is 1510 g/mol. The van der Waals surface area contributed by atoms with Crippen LogP contribution in [0.1, 0.15) is 105 Å². The number of quaternary nitrogens is 1. The van der Waals surface area contributed by atoms with E-state index in [9.17, 15) is 19.2 Å². The highest BCUT2D eigenvalue weighted by atomic mass is 32.1. The number of benzene rings is 3. The van der Waals surface area contributed by atoms with Crippen molar-refractivity contribution in [2.45, 2.75) is 83.5 Å². The Labute approximate surface area is 630 Å². The second-order valence-corrected chi connectivity index (χ2v) is 25.6. The summed E-state index contributed by atoms with van der Waals surface area (Å²) in [6, 6.07) is 38.9. The molecule has 0 aliphatic carbocycles. The van der Waals surface area contributed by atoms with E-state index in [1.54, 1.807) is 54.1 Å². The molecule has 12 aromatic rings. The molecule has 566 valence electrons. The Bertz CT molecular complexity index is 4800. The lowest BCUT2D eigenvalue weighted by Crippen LogP contribution is -2.50. The van der Waals surface area contributed by atoms with Gasteiger partial charge in [0.2, 0.25) is 42.6 Å². The first-order valence-corrected chi connectivity index (χ1v) is 34.9. The van der Waals surface area contributed by atoms with Gasteiger partial charge >= 0.3 is 11.9 Å². The number of tetrazole rings is 3. The van der Waals surface area contributed by atoms with Crippen molar-refractivity contribution in [3.63, 3.8) is 0 Å². The van der Waals surface area contributed by atoms with Crippen molar-refractivity contribution in [1.82, 2.24) is 116 Å². The number of pyridine rings is 3. The van der Waals surface area contributed by atoms with Gasteiger partial charge in [0.05, 0.1) is 95.2 Å². The molecule has 40 heteroatoms. The quantitative estimate of drug-likeness (QED) is 0.00576. The number of thiocarbonyl (C=S) groups is 1. The van der Waals surface area contributed by atoms with Crippen molar-refractivity contribution >= 4 is 52.4 Å². The normalized spacial score (nSPS) is 14.3. The molecule has 0 saturated carbocycles. The number of imide groups is 1. The number of nitrogens with two attached hydrogens (primary N) is 4. The van der Waals surface area contributed by atoms with Gasteiger partial charge < -0.3 is 25.3 Å². The third-order valence-electron chi connectivity index (χ3n) is 17.1. The molecule has 0 radical (unpaired) electrons. The molecular weight excluding hydrogens is 1420 g/mol. The smallest absolute Gasteiger partial charge is 0.331 e. The molecule has 14 rings (SSSR count). The first-order chi connectivity index (χ1) is 52.9. The van der Waals surface area contributed by atoms with Crippen molar-refractivity contribution < 1.29 is 52.0 Å². The number of imidazole rings is 1. The number of aryl methyl sites for hydroxylation is 5. The summed E-state index contributed by atoms with van der Waals surface area (Å²) < 4.78 is 12.0. The Morgan fingerprint density at radius 2 is 1.21 bits per heavy atom. The molecular formula is C69H87N32O7S+5. The largest absolute Gasteiger partial charge is 0.363 e. The van der Waals surface area contributed by atoms with Crippen LogP contribution in [0.4, 0.5) is 11.4 Å². The minimum Gasteiger partial charge on any atom is -0.331 e. The minimum atomic E-state index is -0.710. The molecule has 39 nitrogen and oxygen atoms in total. The van der Waals surface area contributed by atoms with Crippen LogP contribution >= 0.6 is 12.2 Å². The molecule has 12 N–H and O–H groups in total. The summed E-state index contributed by atoms with van der Waals surface area (Å²) >= 11 is 4.94. The Hall–Kier alpha value is -12.7. The number of piperidine rings is 1. The predicted molar refractivity (Wildman–Crippen MR) is 391 cm³/mol. The SMILES string of the molecule is C[N+]1(c2ccc(C(=O)ON3C(=O)CCC3=O)cc2)CCC(c2cn(-c3ccccc3)nn2)CC1.Cn1nnc(C[n+]2ccc(CCCON)cc2)n1.Cn1nnc(Cn2c[n+](C)cc2C(=O)NN)n1.NNC(=S)Nc1cc[n+](Cc2nnn(-c3ccccc3)n2)cc1.NOCCCc1cc[n+](Cc2cn[nH]n2)cc1. The molecule has 0 spiro atoms. The molecule has 2 aliphatic heterocycles. The second-order valence-electron chi connectivity index (χ2n) is 25.2. The number of nitrogens with one attached hydrogen (secondary N) is 4. The van der Waals surface area contributed by atoms with Crippen molar-refractivity contribution in [2.75, 3.05) is 38.7 Å². The van der Waals surface area contributed by atoms with Crippen molar-refractivity contribution in [1.29, 1.82) is 0 Å². The van der Waals surface area contributed by atoms with Crippen LogP contribution in [-0.4, -0.2) is 163 Å². The number of nitrogen functional groups attached to an aromatic ring is 1. The van der Waals surface area contributed by atoms with E-state index in [4.69, 9.17) is 40.5 Å². The van der Waals surface area contributed by atoms with E-state index in [-0.39, 0.29) is 18.7 Å². The third-order valence-corrected chi connectivity index (χ3v) is 17.3. The molecule has 2 fully saturated rings. The zero-order valence-corrected chi connectivity index (χ0v) is 61.3. The lowest BCUT2D eigenvalue weighted by atomic mass is 9.92. The summed E-state index contributed by atoms with van der Waals surface area (Å²) in [4.78, 5) is 65.6. The Kier molecular flexibility index (Phi) is 28.7. The van der Waals surface area contributed by atoms with E-state index in [1.807, 2.05) is 149 Å². The number of hydroxylamine groups is 2. The fourth-order valence-electron chi connectivity index (χ4n) is 11.4. The maximum atomic E-state index is 12.4. The minimum absolute atomic E-state index is 0.0739. The first-order valence-electron chi connectivity index (χ1n) is 34.5. The molecule has 0 unspecified atom stereocenters. The van der Waals surface area contributed by atoms with Gasteiger partial charge in [0.25, 0.3) is 11.8 Å². The number of H-pyrrole nitrogens is 1. The number of rotatable bonds is 24. The molecule has 2 aliphatic rings. The van der Waals surface area contributed by atoms with Gasteiger partial charge in [-0.1, -0.05) is 41.6 Å². The number of hydrogen-bond acceptors (Lipinski definition) is 25. The van der Waals surface area contributed by atoms with Gasteiger partial charge in [-0.3, -0.25) is 24.3 Å². The Balaban J connectivity index is 0.000000150. The molecule has 2 saturated heterocycles. The summed E-state index contributed by atoms with van der Waals surface area (Å²) in [5.74, 6) is 20.4. The number of carbonyl (C=O) groups is 4. The molecule has 11 heterocycles. The maximum Gasteiger partial charge on any atom is 0.363 e. The molecule has 3 aromatic carbocycles. The van der Waals surface area contributed by atoms with Crippen molar-refractivity contribution in [2.24, 2.45) is 44.6 Å². The van der Waals surface area contributed by atoms with E-state index in [0.29, 0.717) is 77.7 Å². The summed E-state index contributed by atoms with van der Waals surface area (Å²) in [6.45, 7) is 5.27. The van der Waals surface area contributed by atoms with Crippen molar-refractivity contribution in [3.8, 4) is 11.4 Å². The number of para-hydroxylation sites is 2. The van der Waals surface area contributed by atoms with E-state index >= 15 is 0 Å². The van der Waals surface area contributed by atoms with Crippen LogP contribution in [-0.2, 0) is 84.3 Å². The van der Waals surface area contributed by atoms with Crippen LogP contribution in [0.3, 0.4) is 0 Å². The van der Waals surface area contributed by atoms with Crippen LogP contribution < -0.4 is 62.4 Å². The van der Waals surface area contributed by atoms with E-state index in [1.165, 1.54) is 25.5 Å². The van der Waals surface area contributed by atoms with Crippen LogP contribution in [0.2, 0.25) is 0 Å². The fraction of sp³-hybridized carbons (Fsp3) is 0.304. The van der Waals surface area contributed by atoms with Gasteiger partial charge in [-0.2, -0.15) is 38.7 Å². The molecule has 109 heavy (non-hydrogen) atoms. The summed E-state index contributed by atoms with van der Waals surface area (Å²) in [7, 11) is 7.43. The number of aromatic nitrogens is 23. The summed E-state index contributed by atoms with van der Waals surface area (Å²) in [5, 5.41) is 59.0. The highest BCUT2D eigenvalue weighted by Gasteiger charge is 2.36.